The maximum absolute atomic E-state index is 4.19. The zero-order valence-electron chi connectivity index (χ0n) is 10.9. The molecule has 96 valence electrons. The Balaban J connectivity index is 2.01. The highest BCUT2D eigenvalue weighted by Crippen LogP contribution is 2.17. The van der Waals surface area contributed by atoms with Gasteiger partial charge >= 0.3 is 0 Å². The molecule has 0 saturated carbocycles. The van der Waals surface area contributed by atoms with E-state index in [0.29, 0.717) is 6.04 Å². The van der Waals surface area contributed by atoms with Gasteiger partial charge < -0.3 is 5.32 Å². The maximum Gasteiger partial charge on any atom is 0.0544 e. The van der Waals surface area contributed by atoms with E-state index in [1.54, 1.807) is 6.20 Å². The van der Waals surface area contributed by atoms with E-state index < -0.39 is 0 Å². The van der Waals surface area contributed by atoms with Gasteiger partial charge in [0.05, 0.1) is 6.20 Å². The lowest BCUT2D eigenvalue weighted by molar-refractivity contribution is 0.504. The van der Waals surface area contributed by atoms with Crippen LogP contribution in [0.1, 0.15) is 30.6 Å². The topological polar surface area (TPSA) is 55.6 Å². The van der Waals surface area contributed by atoms with Gasteiger partial charge in [-0.05, 0) is 37.1 Å². The van der Waals surface area contributed by atoms with Gasteiger partial charge in [0, 0.05) is 31.2 Å². The second kappa shape index (κ2) is 6.26. The summed E-state index contributed by atoms with van der Waals surface area (Å²) in [5.41, 5.74) is 2.44. The molecule has 0 saturated heterocycles. The van der Waals surface area contributed by atoms with Crippen LogP contribution < -0.4 is 5.32 Å². The van der Waals surface area contributed by atoms with Crippen molar-refractivity contribution in [3.05, 3.63) is 42.0 Å². The Labute approximate surface area is 107 Å². The molecule has 18 heavy (non-hydrogen) atoms. The molecule has 0 aromatic carbocycles. The summed E-state index contributed by atoms with van der Waals surface area (Å²) >= 11 is 0. The second-order valence-corrected chi connectivity index (χ2v) is 4.27. The number of aromatic nitrogens is 4. The van der Waals surface area contributed by atoms with Crippen molar-refractivity contribution in [3.63, 3.8) is 0 Å². The normalized spacial score (nSPS) is 12.6. The molecule has 0 fully saturated rings. The van der Waals surface area contributed by atoms with Gasteiger partial charge in [-0.15, -0.1) is 0 Å². The number of rotatable bonds is 6. The van der Waals surface area contributed by atoms with E-state index in [2.05, 4.69) is 33.6 Å². The number of hydrogen-bond acceptors (Lipinski definition) is 4. The summed E-state index contributed by atoms with van der Waals surface area (Å²) in [6, 6.07) is 4.40. The third-order valence-corrected chi connectivity index (χ3v) is 3.07. The third-order valence-electron chi connectivity index (χ3n) is 3.07. The highest BCUT2D eigenvalue weighted by molar-refractivity contribution is 5.12. The van der Waals surface area contributed by atoms with Gasteiger partial charge in [0.25, 0.3) is 0 Å². The minimum atomic E-state index is 0.320. The average molecular weight is 245 g/mol. The Morgan fingerprint density at radius 3 is 2.78 bits per heavy atom. The molecule has 1 atom stereocenters. The highest BCUT2D eigenvalue weighted by atomic mass is 15.2. The van der Waals surface area contributed by atoms with Crippen LogP contribution in [0, 0.1) is 0 Å². The Morgan fingerprint density at radius 2 is 2.17 bits per heavy atom. The minimum absolute atomic E-state index is 0.320. The number of hydrogen-bond donors (Lipinski definition) is 1. The Kier molecular flexibility index (Phi) is 4.41. The first-order valence-electron chi connectivity index (χ1n) is 6.28. The highest BCUT2D eigenvalue weighted by Gasteiger charge is 2.11. The van der Waals surface area contributed by atoms with E-state index in [9.17, 15) is 0 Å². The van der Waals surface area contributed by atoms with Gasteiger partial charge in [-0.3, -0.25) is 4.68 Å². The summed E-state index contributed by atoms with van der Waals surface area (Å²) in [6.45, 7) is 3.06. The lowest BCUT2D eigenvalue weighted by Crippen LogP contribution is -2.22. The van der Waals surface area contributed by atoms with Crippen LogP contribution in [0.25, 0.3) is 0 Å². The molecular weight excluding hydrogens is 226 g/mol. The molecule has 0 aliphatic rings. The zero-order valence-corrected chi connectivity index (χ0v) is 10.9. The molecule has 1 unspecified atom stereocenters. The summed E-state index contributed by atoms with van der Waals surface area (Å²) in [5.74, 6) is 0. The van der Waals surface area contributed by atoms with Crippen molar-refractivity contribution in [3.8, 4) is 0 Å². The largest absolute Gasteiger partial charge is 0.310 e. The molecule has 0 aliphatic carbocycles. The van der Waals surface area contributed by atoms with Crippen LogP contribution in [-0.4, -0.2) is 26.5 Å². The van der Waals surface area contributed by atoms with Gasteiger partial charge in [0.1, 0.15) is 0 Å². The standard InChI is InChI=1S/C13H19N5/c1-3-14-13(11-6-8-15-16-10-11)5-4-12-7-9-17-18(12)2/h6-10,13-14H,3-5H2,1-2H3. The summed E-state index contributed by atoms with van der Waals surface area (Å²) in [5, 5.41) is 15.4. The fourth-order valence-electron chi connectivity index (χ4n) is 2.08. The predicted molar refractivity (Wildman–Crippen MR) is 70.0 cm³/mol. The minimum Gasteiger partial charge on any atom is -0.310 e. The molecule has 0 bridgehead atoms. The van der Waals surface area contributed by atoms with Crippen molar-refractivity contribution >= 4 is 0 Å². The number of aryl methyl sites for hydroxylation is 2. The zero-order chi connectivity index (χ0) is 12.8. The average Bonchev–Trinajstić information content (AvgIpc) is 2.81. The number of nitrogens with one attached hydrogen (secondary N) is 1. The second-order valence-electron chi connectivity index (χ2n) is 4.27. The molecule has 2 heterocycles. The molecule has 0 amide bonds. The summed E-state index contributed by atoms with van der Waals surface area (Å²) < 4.78 is 1.92. The Bertz CT molecular complexity index is 465. The van der Waals surface area contributed by atoms with Crippen molar-refractivity contribution in [2.75, 3.05) is 6.54 Å². The van der Waals surface area contributed by atoms with Crippen molar-refractivity contribution in [2.45, 2.75) is 25.8 Å². The van der Waals surface area contributed by atoms with E-state index >= 15 is 0 Å². The van der Waals surface area contributed by atoms with Crippen LogP contribution in [0.2, 0.25) is 0 Å². The van der Waals surface area contributed by atoms with Gasteiger partial charge in [-0.25, -0.2) is 0 Å². The molecule has 0 spiro atoms. The van der Waals surface area contributed by atoms with E-state index in [-0.39, 0.29) is 0 Å². The van der Waals surface area contributed by atoms with Crippen LogP contribution in [0.4, 0.5) is 0 Å². The first-order chi connectivity index (χ1) is 8.81. The van der Waals surface area contributed by atoms with Crippen molar-refractivity contribution in [1.29, 1.82) is 0 Å². The van der Waals surface area contributed by atoms with Crippen LogP contribution in [-0.2, 0) is 13.5 Å². The lowest BCUT2D eigenvalue weighted by Gasteiger charge is -2.17. The van der Waals surface area contributed by atoms with Crippen LogP contribution in [0.3, 0.4) is 0 Å². The molecule has 2 aromatic heterocycles. The SMILES string of the molecule is CCNC(CCc1ccnn1C)c1ccnnc1. The molecule has 5 nitrogen and oxygen atoms in total. The maximum atomic E-state index is 4.19. The quantitative estimate of drug-likeness (QED) is 0.838. The third kappa shape index (κ3) is 3.13. The monoisotopic (exact) mass is 245 g/mol. The van der Waals surface area contributed by atoms with Gasteiger partial charge in [0.2, 0.25) is 0 Å². The summed E-state index contributed by atoms with van der Waals surface area (Å²) in [7, 11) is 1.98. The van der Waals surface area contributed by atoms with E-state index in [1.807, 2.05) is 30.2 Å². The molecule has 1 N–H and O–H groups in total. The fourth-order valence-corrected chi connectivity index (χ4v) is 2.08. The smallest absolute Gasteiger partial charge is 0.0544 e. The first kappa shape index (κ1) is 12.7. The van der Waals surface area contributed by atoms with Gasteiger partial charge in [-0.2, -0.15) is 15.3 Å². The lowest BCUT2D eigenvalue weighted by atomic mass is 10.0. The van der Waals surface area contributed by atoms with Crippen LogP contribution >= 0.6 is 0 Å². The van der Waals surface area contributed by atoms with Gasteiger partial charge in [0.15, 0.2) is 0 Å². The number of nitrogens with zero attached hydrogens (tertiary/aromatic N) is 4. The van der Waals surface area contributed by atoms with Crippen LogP contribution in [0.15, 0.2) is 30.7 Å². The van der Waals surface area contributed by atoms with Crippen molar-refractivity contribution in [1.82, 2.24) is 25.3 Å². The fraction of sp³-hybridized carbons (Fsp3) is 0.462. The van der Waals surface area contributed by atoms with Crippen molar-refractivity contribution in [2.24, 2.45) is 7.05 Å². The summed E-state index contributed by atoms with van der Waals surface area (Å²) in [6.07, 6.45) is 7.43. The van der Waals surface area contributed by atoms with Crippen molar-refractivity contribution < 1.29 is 0 Å². The Hall–Kier alpha value is -1.75. The molecule has 2 aromatic rings. The summed E-state index contributed by atoms with van der Waals surface area (Å²) in [4.78, 5) is 0. The van der Waals surface area contributed by atoms with E-state index in [4.69, 9.17) is 0 Å². The van der Waals surface area contributed by atoms with Crippen LogP contribution in [0.5, 0.6) is 0 Å². The molecular formula is C13H19N5. The predicted octanol–water partition coefficient (Wildman–Crippen LogP) is 1.49. The van der Waals surface area contributed by atoms with E-state index in [1.165, 1.54) is 11.3 Å². The molecule has 0 aliphatic heterocycles. The first-order valence-corrected chi connectivity index (χ1v) is 6.28. The van der Waals surface area contributed by atoms with E-state index in [0.717, 1.165) is 19.4 Å². The Morgan fingerprint density at radius 1 is 1.28 bits per heavy atom. The van der Waals surface area contributed by atoms with Gasteiger partial charge in [-0.1, -0.05) is 6.92 Å². The molecule has 0 radical (unpaired) electrons. The molecule has 5 heteroatoms. The molecule has 2 rings (SSSR count).